The minimum absolute atomic E-state index is 0.0120. The van der Waals surface area contributed by atoms with E-state index in [1.807, 2.05) is 6.07 Å². The van der Waals surface area contributed by atoms with Gasteiger partial charge in [-0.3, -0.25) is 4.79 Å². The number of anilines is 2. The van der Waals surface area contributed by atoms with Gasteiger partial charge in [-0.1, -0.05) is 37.1 Å². The van der Waals surface area contributed by atoms with Gasteiger partial charge < -0.3 is 20.6 Å². The van der Waals surface area contributed by atoms with Crippen LogP contribution in [0.1, 0.15) is 47.2 Å². The summed E-state index contributed by atoms with van der Waals surface area (Å²) in [5, 5.41) is 14.9. The average Bonchev–Trinajstić information content (AvgIpc) is 3.50. The molecule has 5 rings (SSSR count). The standard InChI is InChI=1S/C28H24F3N3O4/c29-28(30,31)20-4-3-5-22(15-20)33-26(38)32-21-9-6-17(7-10-21)18-8-11-23-19(14-18)16-34(24(23)35)27(25(36)37)12-1-2-13-27/h3-11,14-15H,1-2,12-13,16H2,(H,36,37)(H2,32,33,38). The molecular weight excluding hydrogens is 499 g/mol. The summed E-state index contributed by atoms with van der Waals surface area (Å²) >= 11 is 0. The number of benzene rings is 3. The lowest BCUT2D eigenvalue weighted by Crippen LogP contribution is -2.52. The van der Waals surface area contributed by atoms with Gasteiger partial charge in [0.05, 0.1) is 5.56 Å². The van der Waals surface area contributed by atoms with Gasteiger partial charge in [0.2, 0.25) is 0 Å². The summed E-state index contributed by atoms with van der Waals surface area (Å²) in [5.74, 6) is -1.22. The van der Waals surface area contributed by atoms with Crippen molar-refractivity contribution in [1.29, 1.82) is 0 Å². The highest BCUT2D eigenvalue weighted by atomic mass is 19.4. The highest BCUT2D eigenvalue weighted by molar-refractivity contribution is 6.02. The van der Waals surface area contributed by atoms with Gasteiger partial charge in [-0.15, -0.1) is 0 Å². The summed E-state index contributed by atoms with van der Waals surface area (Å²) in [5.41, 5.74) is 1.35. The van der Waals surface area contributed by atoms with Crippen LogP contribution in [0.25, 0.3) is 11.1 Å². The zero-order chi connectivity index (χ0) is 27.1. The normalized spacial score (nSPS) is 16.3. The molecule has 38 heavy (non-hydrogen) atoms. The number of hydrogen-bond acceptors (Lipinski definition) is 3. The molecule has 1 fully saturated rings. The number of fused-ring (bicyclic) bond motifs is 1. The first kappa shape index (κ1) is 25.3. The number of halogens is 3. The first-order valence-corrected chi connectivity index (χ1v) is 12.1. The van der Waals surface area contributed by atoms with Gasteiger partial charge in [0.1, 0.15) is 5.54 Å². The summed E-state index contributed by atoms with van der Waals surface area (Å²) in [4.78, 5) is 38.9. The number of urea groups is 1. The lowest BCUT2D eigenvalue weighted by molar-refractivity contribution is -0.149. The van der Waals surface area contributed by atoms with E-state index in [1.54, 1.807) is 36.4 Å². The van der Waals surface area contributed by atoms with E-state index in [1.165, 1.54) is 17.0 Å². The second kappa shape index (κ2) is 9.51. The molecule has 1 aliphatic carbocycles. The maximum absolute atomic E-state index is 13.0. The molecule has 3 aromatic rings. The number of carboxylic acids is 1. The largest absolute Gasteiger partial charge is 0.479 e. The van der Waals surface area contributed by atoms with Crippen molar-refractivity contribution >= 4 is 29.3 Å². The number of aliphatic carboxylic acids is 1. The molecule has 0 atom stereocenters. The van der Waals surface area contributed by atoms with Crippen molar-refractivity contribution in [1.82, 2.24) is 4.90 Å². The molecule has 1 saturated carbocycles. The van der Waals surface area contributed by atoms with Crippen LogP contribution in [0.2, 0.25) is 0 Å². The Morgan fingerprint density at radius 3 is 2.18 bits per heavy atom. The monoisotopic (exact) mass is 523 g/mol. The fraction of sp³-hybridized carbons (Fsp3) is 0.250. The maximum Gasteiger partial charge on any atom is 0.416 e. The third-order valence-electron chi connectivity index (χ3n) is 7.18. The first-order chi connectivity index (χ1) is 18.1. The average molecular weight is 524 g/mol. The molecule has 0 bridgehead atoms. The number of carboxylic acid groups (broad SMARTS) is 1. The number of hydrogen-bond donors (Lipinski definition) is 3. The Hall–Kier alpha value is -4.34. The summed E-state index contributed by atoms with van der Waals surface area (Å²) in [6.45, 7) is 0.240. The number of rotatable bonds is 5. The first-order valence-electron chi connectivity index (χ1n) is 12.1. The summed E-state index contributed by atoms with van der Waals surface area (Å²) in [6.07, 6.45) is -2.07. The van der Waals surface area contributed by atoms with Crippen molar-refractivity contribution < 1.29 is 32.7 Å². The van der Waals surface area contributed by atoms with Crippen LogP contribution in [0.5, 0.6) is 0 Å². The molecule has 0 unspecified atom stereocenters. The Labute approximate surface area is 216 Å². The predicted octanol–water partition coefficient (Wildman–Crippen LogP) is 6.37. The molecule has 0 spiro atoms. The Morgan fingerprint density at radius 2 is 1.53 bits per heavy atom. The van der Waals surface area contributed by atoms with Gasteiger partial charge in [0.25, 0.3) is 5.91 Å². The minimum atomic E-state index is -4.51. The number of nitrogens with one attached hydrogen (secondary N) is 2. The molecule has 196 valence electrons. The van der Waals surface area contributed by atoms with Crippen LogP contribution in [0, 0.1) is 0 Å². The highest BCUT2D eigenvalue weighted by Gasteiger charge is 2.51. The summed E-state index contributed by atoms with van der Waals surface area (Å²) in [6, 6.07) is 15.9. The Morgan fingerprint density at radius 1 is 0.868 bits per heavy atom. The SMILES string of the molecule is O=C(Nc1ccc(-c2ccc3c(c2)CN(C2(C(=O)O)CCCC2)C3=O)cc1)Nc1cccc(C(F)(F)F)c1. The predicted molar refractivity (Wildman–Crippen MR) is 135 cm³/mol. The van der Waals surface area contributed by atoms with Crippen LogP contribution in [-0.2, 0) is 17.5 Å². The second-order valence-electron chi connectivity index (χ2n) is 9.54. The number of carbonyl (C=O) groups excluding carboxylic acids is 2. The van der Waals surface area contributed by atoms with Crippen molar-refractivity contribution in [2.75, 3.05) is 10.6 Å². The fourth-order valence-corrected chi connectivity index (χ4v) is 5.22. The minimum Gasteiger partial charge on any atom is -0.479 e. The summed E-state index contributed by atoms with van der Waals surface area (Å²) in [7, 11) is 0. The van der Waals surface area contributed by atoms with E-state index in [4.69, 9.17) is 0 Å². The topological polar surface area (TPSA) is 98.7 Å². The second-order valence-corrected chi connectivity index (χ2v) is 9.54. The Bertz CT molecular complexity index is 1410. The third kappa shape index (κ3) is 4.69. The van der Waals surface area contributed by atoms with Crippen molar-refractivity contribution in [3.63, 3.8) is 0 Å². The Balaban J connectivity index is 1.27. The van der Waals surface area contributed by atoms with Gasteiger partial charge in [-0.25, -0.2) is 9.59 Å². The molecule has 0 saturated heterocycles. The van der Waals surface area contributed by atoms with E-state index < -0.39 is 29.3 Å². The molecule has 2 aliphatic rings. The van der Waals surface area contributed by atoms with Crippen LogP contribution in [-0.4, -0.2) is 33.5 Å². The molecule has 3 aromatic carbocycles. The van der Waals surface area contributed by atoms with E-state index in [2.05, 4.69) is 10.6 Å². The molecule has 3 amide bonds. The number of amides is 3. The van der Waals surface area contributed by atoms with E-state index in [9.17, 15) is 32.7 Å². The lowest BCUT2D eigenvalue weighted by Gasteiger charge is -2.34. The van der Waals surface area contributed by atoms with Gasteiger partial charge in [0, 0.05) is 23.5 Å². The number of alkyl halides is 3. The molecule has 10 heteroatoms. The van der Waals surface area contributed by atoms with E-state index in [0.717, 1.165) is 41.7 Å². The van der Waals surface area contributed by atoms with Crippen molar-refractivity contribution in [2.45, 2.75) is 43.9 Å². The van der Waals surface area contributed by atoms with E-state index >= 15 is 0 Å². The lowest BCUT2D eigenvalue weighted by atomic mass is 9.95. The van der Waals surface area contributed by atoms with Gasteiger partial charge in [0.15, 0.2) is 0 Å². The zero-order valence-electron chi connectivity index (χ0n) is 20.1. The van der Waals surface area contributed by atoms with Crippen LogP contribution >= 0.6 is 0 Å². The van der Waals surface area contributed by atoms with Gasteiger partial charge in [-0.2, -0.15) is 13.2 Å². The molecule has 7 nitrogen and oxygen atoms in total. The van der Waals surface area contributed by atoms with Crippen LogP contribution < -0.4 is 10.6 Å². The maximum atomic E-state index is 13.0. The van der Waals surface area contributed by atoms with Crippen molar-refractivity contribution in [3.05, 3.63) is 83.4 Å². The van der Waals surface area contributed by atoms with E-state index in [-0.39, 0.29) is 18.1 Å². The van der Waals surface area contributed by atoms with Crippen molar-refractivity contribution in [3.8, 4) is 11.1 Å². The third-order valence-corrected chi connectivity index (χ3v) is 7.18. The van der Waals surface area contributed by atoms with E-state index in [0.29, 0.717) is 24.1 Å². The van der Waals surface area contributed by atoms with Crippen molar-refractivity contribution in [2.24, 2.45) is 0 Å². The Kier molecular flexibility index (Phi) is 6.34. The molecule has 0 radical (unpaired) electrons. The number of carbonyl (C=O) groups is 3. The van der Waals surface area contributed by atoms with Crippen LogP contribution in [0.4, 0.5) is 29.3 Å². The highest BCUT2D eigenvalue weighted by Crippen LogP contribution is 2.41. The molecule has 1 aliphatic heterocycles. The van der Waals surface area contributed by atoms with Crippen LogP contribution in [0.3, 0.4) is 0 Å². The van der Waals surface area contributed by atoms with Gasteiger partial charge >= 0.3 is 18.2 Å². The molecular formula is C28H24F3N3O4. The summed E-state index contributed by atoms with van der Waals surface area (Å²) < 4.78 is 38.7. The molecule has 3 N–H and O–H groups in total. The van der Waals surface area contributed by atoms with Crippen LogP contribution in [0.15, 0.2) is 66.7 Å². The number of nitrogens with zero attached hydrogens (tertiary/aromatic N) is 1. The quantitative estimate of drug-likeness (QED) is 0.362. The smallest absolute Gasteiger partial charge is 0.416 e. The molecule has 0 aromatic heterocycles. The molecule has 1 heterocycles. The zero-order valence-corrected chi connectivity index (χ0v) is 20.1. The van der Waals surface area contributed by atoms with Gasteiger partial charge in [-0.05, 0) is 72.0 Å². The fourth-order valence-electron chi connectivity index (χ4n) is 5.22.